The van der Waals surface area contributed by atoms with Crippen LogP contribution >= 0.6 is 0 Å². The smallest absolute Gasteiger partial charge is 0.303 e. The number of halogens is 1. The van der Waals surface area contributed by atoms with Gasteiger partial charge in [-0.15, -0.1) is 0 Å². The molecule has 0 aliphatic heterocycles. The van der Waals surface area contributed by atoms with Crippen molar-refractivity contribution >= 4 is 10.9 Å². The van der Waals surface area contributed by atoms with E-state index in [0.29, 0.717) is 5.56 Å². The molecule has 3 rings (SSSR count). The number of pyridine rings is 1. The van der Waals surface area contributed by atoms with Crippen molar-refractivity contribution in [2.75, 3.05) is 0 Å². The summed E-state index contributed by atoms with van der Waals surface area (Å²) < 4.78 is 13.6. The molecule has 2 aromatic heterocycles. The first-order chi connectivity index (χ1) is 8.74. The minimum absolute atomic E-state index is 0.105. The summed E-state index contributed by atoms with van der Waals surface area (Å²) in [5.74, 6) is -0.577. The van der Waals surface area contributed by atoms with Gasteiger partial charge in [0.1, 0.15) is 0 Å². The van der Waals surface area contributed by atoms with E-state index in [2.05, 4.69) is 15.0 Å². The number of nitrogens with zero attached hydrogens (tertiary/aromatic N) is 2. The predicted molar refractivity (Wildman–Crippen MR) is 65.6 cm³/mol. The summed E-state index contributed by atoms with van der Waals surface area (Å²) in [5, 5.41) is 0.882. The molecule has 0 bridgehead atoms. The molecular weight excluding hydrogens is 233 g/mol. The fourth-order valence-electron chi connectivity index (χ4n) is 1.80. The predicted octanol–water partition coefficient (Wildman–Crippen LogP) is 2.12. The fourth-order valence-corrected chi connectivity index (χ4v) is 1.80. The number of fused-ring (bicyclic) bond motifs is 1. The van der Waals surface area contributed by atoms with Crippen molar-refractivity contribution in [1.29, 1.82) is 0 Å². The minimum Gasteiger partial charge on any atom is -0.303 e. The SMILES string of the molecule is O=c1ncc(F)c(-c2cnc3ccccc3c2)[nH]1. The van der Waals surface area contributed by atoms with Crippen LogP contribution in [0.5, 0.6) is 0 Å². The van der Waals surface area contributed by atoms with Crippen molar-refractivity contribution in [3.63, 3.8) is 0 Å². The lowest BCUT2D eigenvalue weighted by Gasteiger charge is -2.03. The molecule has 0 aliphatic carbocycles. The van der Waals surface area contributed by atoms with Gasteiger partial charge in [-0.05, 0) is 12.1 Å². The van der Waals surface area contributed by atoms with Crippen LogP contribution in [0.2, 0.25) is 0 Å². The molecule has 0 saturated heterocycles. The lowest BCUT2D eigenvalue weighted by molar-refractivity contribution is 0.615. The van der Waals surface area contributed by atoms with Crippen molar-refractivity contribution in [3.8, 4) is 11.3 Å². The Hall–Kier alpha value is -2.56. The summed E-state index contributed by atoms with van der Waals surface area (Å²) in [6.45, 7) is 0. The van der Waals surface area contributed by atoms with Crippen LogP contribution in [0.25, 0.3) is 22.2 Å². The van der Waals surface area contributed by atoms with Gasteiger partial charge in [-0.2, -0.15) is 4.98 Å². The van der Waals surface area contributed by atoms with Gasteiger partial charge >= 0.3 is 5.69 Å². The number of nitrogens with one attached hydrogen (secondary N) is 1. The highest BCUT2D eigenvalue weighted by molar-refractivity contribution is 5.82. The van der Waals surface area contributed by atoms with E-state index in [9.17, 15) is 9.18 Å². The maximum atomic E-state index is 13.6. The number of aromatic nitrogens is 3. The quantitative estimate of drug-likeness (QED) is 0.710. The molecule has 0 radical (unpaired) electrons. The molecular formula is C13H8FN3O. The second kappa shape index (κ2) is 4.03. The molecule has 0 aliphatic rings. The molecule has 5 heteroatoms. The molecule has 0 amide bonds. The molecule has 0 spiro atoms. The maximum Gasteiger partial charge on any atom is 0.345 e. The molecule has 3 aromatic rings. The largest absolute Gasteiger partial charge is 0.345 e. The van der Waals surface area contributed by atoms with Crippen LogP contribution in [0.4, 0.5) is 4.39 Å². The highest BCUT2D eigenvalue weighted by atomic mass is 19.1. The van der Waals surface area contributed by atoms with Crippen LogP contribution in [0.1, 0.15) is 0 Å². The first kappa shape index (κ1) is 10.6. The molecule has 4 nitrogen and oxygen atoms in total. The minimum atomic E-state index is -0.584. The average molecular weight is 241 g/mol. The lowest BCUT2D eigenvalue weighted by atomic mass is 10.1. The Labute approximate surface area is 101 Å². The summed E-state index contributed by atoms with van der Waals surface area (Å²) in [5.41, 5.74) is 0.858. The third-order valence-electron chi connectivity index (χ3n) is 2.65. The van der Waals surface area contributed by atoms with E-state index in [1.54, 1.807) is 6.07 Å². The number of hydrogen-bond acceptors (Lipinski definition) is 3. The Morgan fingerprint density at radius 1 is 1.11 bits per heavy atom. The molecule has 1 N–H and O–H groups in total. The first-order valence-electron chi connectivity index (χ1n) is 5.34. The summed E-state index contributed by atoms with van der Waals surface area (Å²) in [7, 11) is 0. The highest BCUT2D eigenvalue weighted by Gasteiger charge is 2.07. The number of rotatable bonds is 1. The van der Waals surface area contributed by atoms with Gasteiger partial charge in [0.2, 0.25) is 0 Å². The molecule has 88 valence electrons. The van der Waals surface area contributed by atoms with Gasteiger partial charge in [0.25, 0.3) is 0 Å². The van der Waals surface area contributed by atoms with E-state index in [-0.39, 0.29) is 5.69 Å². The second-order valence-electron chi connectivity index (χ2n) is 3.83. The zero-order chi connectivity index (χ0) is 12.5. The monoisotopic (exact) mass is 241 g/mol. The molecule has 0 unspecified atom stereocenters. The van der Waals surface area contributed by atoms with Crippen LogP contribution < -0.4 is 5.69 Å². The van der Waals surface area contributed by atoms with Crippen molar-refractivity contribution in [2.45, 2.75) is 0 Å². The van der Waals surface area contributed by atoms with E-state index < -0.39 is 11.5 Å². The maximum absolute atomic E-state index is 13.6. The number of para-hydroxylation sites is 1. The number of hydrogen-bond donors (Lipinski definition) is 1. The molecule has 1 aromatic carbocycles. The van der Waals surface area contributed by atoms with Gasteiger partial charge in [-0.3, -0.25) is 4.98 Å². The van der Waals surface area contributed by atoms with Crippen LogP contribution in [0.15, 0.2) is 47.5 Å². The molecule has 0 saturated carbocycles. The summed E-state index contributed by atoms with van der Waals surface area (Å²) in [6.07, 6.45) is 2.43. The average Bonchev–Trinajstić information content (AvgIpc) is 2.41. The highest BCUT2D eigenvalue weighted by Crippen LogP contribution is 2.21. The van der Waals surface area contributed by atoms with Gasteiger partial charge in [0.15, 0.2) is 5.82 Å². The summed E-state index contributed by atoms with van der Waals surface area (Å²) >= 11 is 0. The van der Waals surface area contributed by atoms with Gasteiger partial charge < -0.3 is 4.98 Å². The van der Waals surface area contributed by atoms with Crippen molar-refractivity contribution < 1.29 is 4.39 Å². The zero-order valence-corrected chi connectivity index (χ0v) is 9.22. The Kier molecular flexibility index (Phi) is 2.37. The van der Waals surface area contributed by atoms with E-state index >= 15 is 0 Å². The number of aromatic amines is 1. The Morgan fingerprint density at radius 2 is 1.94 bits per heavy atom. The van der Waals surface area contributed by atoms with E-state index in [0.717, 1.165) is 17.1 Å². The molecule has 18 heavy (non-hydrogen) atoms. The Bertz CT molecular complexity index is 782. The van der Waals surface area contributed by atoms with Crippen LogP contribution in [0, 0.1) is 5.82 Å². The third kappa shape index (κ3) is 1.75. The molecule has 0 fully saturated rings. The number of benzene rings is 1. The van der Waals surface area contributed by atoms with Gasteiger partial charge in [0, 0.05) is 17.1 Å². The van der Waals surface area contributed by atoms with Crippen LogP contribution in [-0.4, -0.2) is 15.0 Å². The third-order valence-corrected chi connectivity index (χ3v) is 2.65. The number of H-pyrrole nitrogens is 1. The Balaban J connectivity index is 2.25. The van der Waals surface area contributed by atoms with Gasteiger partial charge in [-0.25, -0.2) is 9.18 Å². The van der Waals surface area contributed by atoms with Crippen LogP contribution in [0.3, 0.4) is 0 Å². The molecule has 0 atom stereocenters. The zero-order valence-electron chi connectivity index (χ0n) is 9.22. The van der Waals surface area contributed by atoms with Gasteiger partial charge in [0.05, 0.1) is 17.4 Å². The lowest BCUT2D eigenvalue weighted by Crippen LogP contribution is -2.11. The van der Waals surface area contributed by atoms with Crippen molar-refractivity contribution in [3.05, 3.63) is 59.0 Å². The summed E-state index contributed by atoms with van der Waals surface area (Å²) in [4.78, 5) is 21.0. The van der Waals surface area contributed by atoms with Crippen molar-refractivity contribution in [1.82, 2.24) is 15.0 Å². The molecule has 2 heterocycles. The second-order valence-corrected chi connectivity index (χ2v) is 3.83. The standard InChI is InChI=1S/C13H8FN3O/c14-10-7-16-13(18)17-12(10)9-5-8-3-1-2-4-11(8)15-6-9/h1-7H,(H,16,17,18). The normalized spacial score (nSPS) is 10.7. The summed E-state index contributed by atoms with van der Waals surface area (Å²) in [6, 6.07) is 9.27. The van der Waals surface area contributed by atoms with E-state index in [1.807, 2.05) is 24.3 Å². The van der Waals surface area contributed by atoms with Crippen LogP contribution in [-0.2, 0) is 0 Å². The fraction of sp³-hybridized carbons (Fsp3) is 0. The first-order valence-corrected chi connectivity index (χ1v) is 5.34. The van der Waals surface area contributed by atoms with E-state index in [1.165, 1.54) is 6.20 Å². The topological polar surface area (TPSA) is 58.6 Å². The van der Waals surface area contributed by atoms with E-state index in [4.69, 9.17) is 0 Å². The van der Waals surface area contributed by atoms with Gasteiger partial charge in [-0.1, -0.05) is 18.2 Å². The Morgan fingerprint density at radius 3 is 2.83 bits per heavy atom. The van der Waals surface area contributed by atoms with Crippen molar-refractivity contribution in [2.24, 2.45) is 0 Å².